The summed E-state index contributed by atoms with van der Waals surface area (Å²) in [4.78, 5) is 23.7. The van der Waals surface area contributed by atoms with E-state index < -0.39 is 17.6 Å². The van der Waals surface area contributed by atoms with Crippen molar-refractivity contribution in [1.29, 1.82) is 0 Å². The van der Waals surface area contributed by atoms with Gasteiger partial charge in [0.1, 0.15) is 17.1 Å². The molecule has 0 aromatic heterocycles. The van der Waals surface area contributed by atoms with E-state index in [2.05, 4.69) is 37.2 Å². The van der Waals surface area contributed by atoms with E-state index in [4.69, 9.17) is 76.2 Å². The summed E-state index contributed by atoms with van der Waals surface area (Å²) in [6.07, 6.45) is 6.84. The molecule has 6 rings (SSSR count). The van der Waals surface area contributed by atoms with E-state index in [1.807, 2.05) is 0 Å². The largest absolute Gasteiger partial charge is 0.496 e. The molecule has 0 aliphatic heterocycles. The molecule has 0 spiro atoms. The number of amides is 1. The number of carbonyl (C=O) groups is 2. The first-order valence-corrected chi connectivity index (χ1v) is 18.9. The molecule has 53 heavy (non-hydrogen) atoms. The molecule has 2 aliphatic carbocycles. The molecule has 284 valence electrons. The number of carboxylic acids is 1. The average molecular weight is 944 g/mol. The van der Waals surface area contributed by atoms with Gasteiger partial charge in [0, 0.05) is 45.3 Å². The van der Waals surface area contributed by atoms with Gasteiger partial charge in [0.2, 0.25) is 0 Å². The zero-order valence-electron chi connectivity index (χ0n) is 28.0. The van der Waals surface area contributed by atoms with Crippen molar-refractivity contribution in [2.45, 2.75) is 50.6 Å². The van der Waals surface area contributed by atoms with Gasteiger partial charge in [0.25, 0.3) is 5.91 Å². The van der Waals surface area contributed by atoms with Gasteiger partial charge in [-0.1, -0.05) is 84.7 Å². The molecule has 2 fully saturated rings. The van der Waals surface area contributed by atoms with E-state index >= 15 is 0 Å². The van der Waals surface area contributed by atoms with Gasteiger partial charge in [0.05, 0.1) is 39.9 Å². The quantitative estimate of drug-likeness (QED) is 0.151. The van der Waals surface area contributed by atoms with Crippen LogP contribution in [-0.4, -0.2) is 43.3 Å². The molecule has 4 aromatic rings. The third kappa shape index (κ3) is 11.5. The highest BCUT2D eigenvalue weighted by Gasteiger charge is 2.25. The predicted molar refractivity (Wildman–Crippen MR) is 208 cm³/mol. The van der Waals surface area contributed by atoms with Crippen LogP contribution in [0.4, 0.5) is 8.78 Å². The monoisotopic (exact) mass is 940 g/mol. The lowest BCUT2D eigenvalue weighted by molar-refractivity contribution is 0.0692. The highest BCUT2D eigenvalue weighted by molar-refractivity contribution is 9.10. The average Bonchev–Trinajstić information content (AvgIpc) is 3.06. The van der Waals surface area contributed by atoms with Crippen molar-refractivity contribution in [2.75, 3.05) is 14.2 Å². The minimum atomic E-state index is -1.28. The number of benzene rings is 4. The van der Waals surface area contributed by atoms with Crippen LogP contribution in [0.2, 0.25) is 20.1 Å². The minimum absolute atomic E-state index is 0.0203. The van der Waals surface area contributed by atoms with Crippen molar-refractivity contribution in [2.24, 2.45) is 5.73 Å². The molecule has 2 saturated carbocycles. The van der Waals surface area contributed by atoms with Crippen LogP contribution in [0, 0.1) is 11.6 Å². The Bertz CT molecular complexity index is 1940. The minimum Gasteiger partial charge on any atom is -0.496 e. The molecule has 0 unspecified atom stereocenters. The van der Waals surface area contributed by atoms with Crippen molar-refractivity contribution in [3.63, 3.8) is 0 Å². The van der Waals surface area contributed by atoms with E-state index in [1.165, 1.54) is 51.7 Å². The highest BCUT2D eigenvalue weighted by atomic mass is 79.9. The molecular formula is C36H32Br2Cl4F2N2O7. The topological polar surface area (TPSA) is 129 Å². The van der Waals surface area contributed by atoms with Gasteiger partial charge in [-0.2, -0.15) is 0 Å². The summed E-state index contributed by atoms with van der Waals surface area (Å²) in [5, 5.41) is 12.7. The Balaban J connectivity index is 0.000000211. The number of nitrogens with two attached hydrogens (primary N) is 1. The van der Waals surface area contributed by atoms with Gasteiger partial charge < -0.3 is 35.1 Å². The number of halogens is 8. The summed E-state index contributed by atoms with van der Waals surface area (Å²) in [7, 11) is 2.61. The SMILES string of the molecule is COc1cc(F)c(Oc2c(Cl)cc(Br)cc2Cl)cc1C(=O)NC1CCC1.COc1cc(F)c(Oc2c(Cl)cc(Br)cc2Cl)cc1C(=O)O.NC1CCC1. The molecule has 1 amide bonds. The van der Waals surface area contributed by atoms with Crippen LogP contribution in [0.3, 0.4) is 0 Å². The van der Waals surface area contributed by atoms with Crippen molar-refractivity contribution >= 4 is 90.1 Å². The maximum Gasteiger partial charge on any atom is 0.339 e. The number of aromatic carboxylic acids is 1. The maximum absolute atomic E-state index is 14.4. The number of ether oxygens (including phenoxy) is 4. The summed E-state index contributed by atoms with van der Waals surface area (Å²) in [5.74, 6) is -3.50. The fourth-order valence-corrected chi connectivity index (χ4v) is 7.21. The summed E-state index contributed by atoms with van der Waals surface area (Å²) < 4.78 is 50.6. The summed E-state index contributed by atoms with van der Waals surface area (Å²) >= 11 is 30.7. The zero-order chi connectivity index (χ0) is 39.0. The van der Waals surface area contributed by atoms with Gasteiger partial charge in [-0.15, -0.1) is 0 Å². The normalized spacial score (nSPS) is 13.6. The molecule has 17 heteroatoms. The second-order valence-corrected chi connectivity index (χ2v) is 15.1. The molecule has 0 bridgehead atoms. The van der Waals surface area contributed by atoms with Crippen molar-refractivity contribution < 1.29 is 42.4 Å². The number of carboxylic acid groups (broad SMARTS) is 1. The smallest absolute Gasteiger partial charge is 0.339 e. The Hall–Kier alpha value is -3.04. The molecule has 9 nitrogen and oxygen atoms in total. The van der Waals surface area contributed by atoms with Crippen molar-refractivity contribution in [3.05, 3.63) is 100 Å². The van der Waals surface area contributed by atoms with Gasteiger partial charge >= 0.3 is 5.97 Å². The molecule has 0 radical (unpaired) electrons. The zero-order valence-corrected chi connectivity index (χ0v) is 34.2. The van der Waals surface area contributed by atoms with Crippen LogP contribution in [0.25, 0.3) is 0 Å². The fourth-order valence-electron chi connectivity index (χ4n) is 4.64. The van der Waals surface area contributed by atoms with Crippen LogP contribution in [0.5, 0.6) is 34.5 Å². The van der Waals surface area contributed by atoms with Crippen LogP contribution in [-0.2, 0) is 0 Å². The summed E-state index contributed by atoms with van der Waals surface area (Å²) in [6.45, 7) is 0. The molecule has 0 heterocycles. The van der Waals surface area contributed by atoms with E-state index in [0.29, 0.717) is 15.0 Å². The van der Waals surface area contributed by atoms with Crippen molar-refractivity contribution in [3.8, 4) is 34.5 Å². The standard InChI is InChI=1S/C18H15BrCl2FNO3.C14H8BrCl2FO4.C4H9N/c1-25-15-8-14(22)16(7-11(15)18(24)23-10-3-2-4-10)26-17-12(20)5-9(19)6-13(17)21;1-21-11-5-10(18)12(4-7(11)14(19)20)22-13-8(16)2-6(15)3-9(13)17;5-4-2-1-3-4/h5-8,10H,2-4H2,1H3,(H,23,24);2-5H,1H3,(H,19,20);4H,1-3,5H2. The Morgan fingerprint density at radius 1 is 0.698 bits per heavy atom. The van der Waals surface area contributed by atoms with Gasteiger partial charge in [0.15, 0.2) is 34.6 Å². The number of rotatable bonds is 9. The van der Waals surface area contributed by atoms with E-state index in [-0.39, 0.29) is 77.7 Å². The van der Waals surface area contributed by atoms with E-state index in [9.17, 15) is 18.4 Å². The predicted octanol–water partition coefficient (Wildman–Crippen LogP) is 11.9. The fraction of sp³-hybridized carbons (Fsp3) is 0.278. The molecule has 0 atom stereocenters. The summed E-state index contributed by atoms with van der Waals surface area (Å²) in [6, 6.07) is 11.2. The Kier molecular flexibility index (Phi) is 15.7. The highest BCUT2D eigenvalue weighted by Crippen LogP contribution is 2.42. The van der Waals surface area contributed by atoms with Gasteiger partial charge in [-0.25, -0.2) is 13.6 Å². The Morgan fingerprint density at radius 2 is 1.08 bits per heavy atom. The molecular weight excluding hydrogens is 912 g/mol. The number of carbonyl (C=O) groups excluding carboxylic acids is 1. The number of hydrogen-bond donors (Lipinski definition) is 3. The summed E-state index contributed by atoms with van der Waals surface area (Å²) in [5.41, 5.74) is 5.31. The molecule has 4 aromatic carbocycles. The van der Waals surface area contributed by atoms with Crippen LogP contribution < -0.4 is 30.0 Å². The Morgan fingerprint density at radius 3 is 1.40 bits per heavy atom. The first-order valence-electron chi connectivity index (χ1n) is 15.8. The third-order valence-corrected chi connectivity index (χ3v) is 9.96. The first-order chi connectivity index (χ1) is 25.1. The number of hydrogen-bond acceptors (Lipinski definition) is 7. The van der Waals surface area contributed by atoms with Crippen LogP contribution in [0.1, 0.15) is 59.2 Å². The lowest BCUT2D eigenvalue weighted by Crippen LogP contribution is -2.39. The van der Waals surface area contributed by atoms with Crippen LogP contribution >= 0.6 is 78.3 Å². The lowest BCUT2D eigenvalue weighted by atomic mass is 9.93. The first kappa shape index (κ1) is 42.7. The van der Waals surface area contributed by atoms with E-state index in [0.717, 1.165) is 37.5 Å². The lowest BCUT2D eigenvalue weighted by Gasteiger charge is -2.26. The van der Waals surface area contributed by atoms with Crippen molar-refractivity contribution in [1.82, 2.24) is 5.32 Å². The van der Waals surface area contributed by atoms with Gasteiger partial charge in [-0.3, -0.25) is 4.79 Å². The maximum atomic E-state index is 14.4. The van der Waals surface area contributed by atoms with Crippen LogP contribution in [0.15, 0.2) is 57.5 Å². The second-order valence-electron chi connectivity index (χ2n) is 11.7. The molecule has 0 saturated heterocycles. The third-order valence-electron chi connectivity index (χ3n) is 7.92. The molecule has 4 N–H and O–H groups in total. The number of methoxy groups -OCH3 is 2. The van der Waals surface area contributed by atoms with Gasteiger partial charge in [-0.05, 0) is 56.4 Å². The molecule has 2 aliphatic rings. The Labute approximate surface area is 341 Å². The number of nitrogens with one attached hydrogen (secondary N) is 1. The van der Waals surface area contributed by atoms with E-state index in [1.54, 1.807) is 12.1 Å². The second kappa shape index (κ2) is 19.5.